The first-order chi connectivity index (χ1) is 11.4. The number of aliphatic imine (C=N–C) groups is 1. The molecule has 24 heavy (non-hydrogen) atoms. The second-order valence-corrected chi connectivity index (χ2v) is 5.86. The summed E-state index contributed by atoms with van der Waals surface area (Å²) in [5, 5.41) is 10.4. The molecule has 1 heterocycles. The number of hydrogen-bond donors (Lipinski definition) is 2. The van der Waals surface area contributed by atoms with Crippen molar-refractivity contribution < 1.29 is 9.50 Å². The van der Waals surface area contributed by atoms with Crippen LogP contribution in [0.15, 0.2) is 34.1 Å². The molecule has 0 unspecified atom stereocenters. The van der Waals surface area contributed by atoms with Gasteiger partial charge in [0.05, 0.1) is 5.69 Å². The van der Waals surface area contributed by atoms with Crippen molar-refractivity contribution in [1.82, 2.24) is 14.5 Å². The summed E-state index contributed by atoms with van der Waals surface area (Å²) in [5.41, 5.74) is -0.573. The van der Waals surface area contributed by atoms with Crippen molar-refractivity contribution in [1.29, 1.82) is 0 Å². The van der Waals surface area contributed by atoms with Gasteiger partial charge in [0.1, 0.15) is 11.4 Å². The van der Waals surface area contributed by atoms with Crippen LogP contribution in [0.3, 0.4) is 0 Å². The molecule has 0 fully saturated rings. The molecule has 2 N–H and O–H groups in total. The zero-order valence-corrected chi connectivity index (χ0v) is 14.3. The molecule has 0 atom stereocenters. The third-order valence-corrected chi connectivity index (χ3v) is 3.61. The van der Waals surface area contributed by atoms with E-state index in [2.05, 4.69) is 9.98 Å². The molecule has 2 rings (SSSR count). The molecule has 8 heteroatoms. The van der Waals surface area contributed by atoms with Crippen molar-refractivity contribution in [2.24, 2.45) is 4.99 Å². The molecule has 128 valence electrons. The molecule has 0 amide bonds. The van der Waals surface area contributed by atoms with Crippen LogP contribution in [0.4, 0.5) is 4.39 Å². The quantitative estimate of drug-likeness (QED) is 0.475. The summed E-state index contributed by atoms with van der Waals surface area (Å²) >= 11 is 5.04. The lowest BCUT2D eigenvalue weighted by Crippen LogP contribution is -2.18. The molecule has 2 aromatic rings. The van der Waals surface area contributed by atoms with Crippen molar-refractivity contribution in [2.75, 3.05) is 27.2 Å². The second kappa shape index (κ2) is 7.98. The van der Waals surface area contributed by atoms with Crippen molar-refractivity contribution in [2.45, 2.75) is 6.42 Å². The first-order valence-electron chi connectivity index (χ1n) is 7.39. The zero-order chi connectivity index (χ0) is 17.7. The van der Waals surface area contributed by atoms with Crippen LogP contribution in [0.25, 0.3) is 5.69 Å². The number of nitrogens with one attached hydrogen (secondary N) is 1. The molecular formula is C16H19FN4O2S. The van der Waals surface area contributed by atoms with Gasteiger partial charge in [0.2, 0.25) is 5.88 Å². The number of halogens is 1. The van der Waals surface area contributed by atoms with E-state index in [9.17, 15) is 14.3 Å². The highest BCUT2D eigenvalue weighted by molar-refractivity contribution is 7.71. The lowest BCUT2D eigenvalue weighted by Gasteiger charge is -2.11. The van der Waals surface area contributed by atoms with E-state index in [1.165, 1.54) is 24.4 Å². The molecule has 0 spiro atoms. The smallest absolute Gasteiger partial charge is 0.264 e. The van der Waals surface area contributed by atoms with Gasteiger partial charge in [-0.2, -0.15) is 0 Å². The first kappa shape index (κ1) is 18.0. The number of benzene rings is 1. The Kier molecular flexibility index (Phi) is 5.99. The van der Waals surface area contributed by atoms with Crippen molar-refractivity contribution in [3.8, 4) is 11.6 Å². The summed E-state index contributed by atoms with van der Waals surface area (Å²) in [4.78, 5) is 20.6. The molecule has 1 aromatic heterocycles. The number of aromatic amines is 1. The van der Waals surface area contributed by atoms with Gasteiger partial charge in [-0.25, -0.2) is 4.39 Å². The number of H-pyrrole nitrogens is 1. The Labute approximate surface area is 143 Å². The van der Waals surface area contributed by atoms with Crippen LogP contribution in [-0.2, 0) is 0 Å². The van der Waals surface area contributed by atoms with E-state index in [4.69, 9.17) is 12.2 Å². The fourth-order valence-corrected chi connectivity index (χ4v) is 2.42. The van der Waals surface area contributed by atoms with E-state index < -0.39 is 17.3 Å². The number of para-hydroxylation sites is 1. The number of hydrogen-bond acceptors (Lipinski definition) is 5. The predicted molar refractivity (Wildman–Crippen MR) is 94.5 cm³/mol. The lowest BCUT2D eigenvalue weighted by atomic mass is 10.2. The normalized spacial score (nSPS) is 11.5. The Morgan fingerprint density at radius 2 is 2.12 bits per heavy atom. The van der Waals surface area contributed by atoms with Crippen molar-refractivity contribution in [3.05, 3.63) is 50.8 Å². The van der Waals surface area contributed by atoms with Crippen LogP contribution in [0.2, 0.25) is 0 Å². The highest BCUT2D eigenvalue weighted by atomic mass is 32.1. The topological polar surface area (TPSA) is 73.6 Å². The first-order valence-corrected chi connectivity index (χ1v) is 7.80. The van der Waals surface area contributed by atoms with Gasteiger partial charge in [-0.3, -0.25) is 19.3 Å². The van der Waals surface area contributed by atoms with Crippen LogP contribution in [0.1, 0.15) is 12.0 Å². The standard InChI is InChI=1S/C16H19FN4O2S/c1-20(2)9-5-8-18-10-11-14(22)19-16(24)21(15(11)23)13-7-4-3-6-12(13)17/h3-4,6-7,10,23H,5,8-9H2,1-2H3,(H,19,22,24). The summed E-state index contributed by atoms with van der Waals surface area (Å²) in [5.74, 6) is -1.00. The van der Waals surface area contributed by atoms with Crippen molar-refractivity contribution >= 4 is 18.4 Å². The van der Waals surface area contributed by atoms with E-state index in [0.717, 1.165) is 17.5 Å². The molecule has 0 saturated carbocycles. The van der Waals surface area contributed by atoms with Gasteiger partial charge in [0.15, 0.2) is 4.77 Å². The predicted octanol–water partition coefficient (Wildman–Crippen LogP) is 2.11. The summed E-state index contributed by atoms with van der Waals surface area (Å²) in [6.45, 7) is 1.37. The molecule has 0 bridgehead atoms. The van der Waals surface area contributed by atoms with Gasteiger partial charge >= 0.3 is 0 Å². The molecule has 0 aliphatic heterocycles. The lowest BCUT2D eigenvalue weighted by molar-refractivity contribution is 0.403. The minimum Gasteiger partial charge on any atom is -0.494 e. The van der Waals surface area contributed by atoms with Crippen LogP contribution in [0.5, 0.6) is 5.88 Å². The van der Waals surface area contributed by atoms with Gasteiger partial charge in [0.25, 0.3) is 5.56 Å². The fraction of sp³-hybridized carbons (Fsp3) is 0.312. The molecule has 0 radical (unpaired) electrons. The number of rotatable bonds is 6. The van der Waals surface area contributed by atoms with E-state index in [1.54, 1.807) is 6.07 Å². The molecule has 0 aliphatic rings. The third-order valence-electron chi connectivity index (χ3n) is 3.33. The molecule has 6 nitrogen and oxygen atoms in total. The monoisotopic (exact) mass is 350 g/mol. The average Bonchev–Trinajstić information content (AvgIpc) is 2.51. The maximum Gasteiger partial charge on any atom is 0.264 e. The minimum atomic E-state index is -0.568. The maximum absolute atomic E-state index is 14.0. The van der Waals surface area contributed by atoms with Gasteiger partial charge in [-0.1, -0.05) is 12.1 Å². The molecule has 0 saturated heterocycles. The Bertz CT molecular complexity index is 858. The maximum atomic E-state index is 14.0. The highest BCUT2D eigenvalue weighted by Crippen LogP contribution is 2.20. The number of aromatic hydroxyl groups is 1. The molecule has 0 aliphatic carbocycles. The number of aromatic nitrogens is 2. The van der Waals surface area contributed by atoms with E-state index in [-0.39, 0.29) is 16.0 Å². The summed E-state index contributed by atoms with van der Waals surface area (Å²) in [6.07, 6.45) is 2.10. The number of nitrogens with zero attached hydrogens (tertiary/aromatic N) is 3. The van der Waals surface area contributed by atoms with Crippen LogP contribution >= 0.6 is 12.2 Å². The average molecular weight is 350 g/mol. The Hall–Kier alpha value is -2.32. The van der Waals surface area contributed by atoms with Gasteiger partial charge in [-0.15, -0.1) is 0 Å². The van der Waals surface area contributed by atoms with E-state index in [1.807, 2.05) is 19.0 Å². The van der Waals surface area contributed by atoms with E-state index >= 15 is 0 Å². The minimum absolute atomic E-state index is 0.0542. The van der Waals surface area contributed by atoms with Crippen LogP contribution in [0, 0.1) is 10.6 Å². The Balaban J connectivity index is 2.39. The third kappa shape index (κ3) is 4.15. The Morgan fingerprint density at radius 1 is 1.42 bits per heavy atom. The summed E-state index contributed by atoms with van der Waals surface area (Å²) in [7, 11) is 3.92. The Morgan fingerprint density at radius 3 is 2.79 bits per heavy atom. The largest absolute Gasteiger partial charge is 0.494 e. The van der Waals surface area contributed by atoms with Crippen molar-refractivity contribution in [3.63, 3.8) is 0 Å². The summed E-state index contributed by atoms with van der Waals surface area (Å²) < 4.78 is 15.0. The van der Waals surface area contributed by atoms with Gasteiger partial charge < -0.3 is 10.0 Å². The highest BCUT2D eigenvalue weighted by Gasteiger charge is 2.14. The molecule has 1 aromatic carbocycles. The second-order valence-electron chi connectivity index (χ2n) is 5.48. The SMILES string of the molecule is CN(C)CCCN=Cc1c(O)n(-c2ccccc2F)c(=S)[nH]c1=O. The fourth-order valence-electron chi connectivity index (χ4n) is 2.15. The molecular weight excluding hydrogens is 331 g/mol. The van der Waals surface area contributed by atoms with Crippen LogP contribution < -0.4 is 5.56 Å². The van der Waals surface area contributed by atoms with E-state index in [0.29, 0.717) is 6.54 Å². The summed E-state index contributed by atoms with van der Waals surface area (Å²) in [6, 6.07) is 5.84. The van der Waals surface area contributed by atoms with Gasteiger partial charge in [0, 0.05) is 12.8 Å². The van der Waals surface area contributed by atoms with Crippen LogP contribution in [-0.4, -0.2) is 53.0 Å². The zero-order valence-electron chi connectivity index (χ0n) is 13.5. The van der Waals surface area contributed by atoms with Gasteiger partial charge in [-0.05, 0) is 51.4 Å².